The summed E-state index contributed by atoms with van der Waals surface area (Å²) in [6, 6.07) is 17.0. The van der Waals surface area contributed by atoms with Crippen molar-refractivity contribution in [2.24, 2.45) is 0 Å². The zero-order valence-corrected chi connectivity index (χ0v) is 15.2. The number of carbonyl (C=O) groups is 3. The highest BCUT2D eigenvalue weighted by atomic mass is 16.2. The standard InChI is InChI=1S/C22H19N3O3/c23-14-16-6-8-18(9-7-16)25-21(27)13-19(22(25)28)24(17-10-11-17)20(26)12-15-4-2-1-3-5-15/h1-9,17,19H,10-13H2. The molecule has 2 aromatic rings. The normalized spacial score (nSPS) is 18.8. The van der Waals surface area contributed by atoms with Crippen molar-refractivity contribution < 1.29 is 14.4 Å². The highest BCUT2D eigenvalue weighted by molar-refractivity contribution is 6.23. The first-order chi connectivity index (χ1) is 13.6. The van der Waals surface area contributed by atoms with Crippen molar-refractivity contribution in [2.45, 2.75) is 37.8 Å². The number of imide groups is 1. The first-order valence-corrected chi connectivity index (χ1v) is 9.30. The Morgan fingerprint density at radius 1 is 1.07 bits per heavy atom. The van der Waals surface area contributed by atoms with E-state index < -0.39 is 6.04 Å². The van der Waals surface area contributed by atoms with Gasteiger partial charge in [-0.3, -0.25) is 14.4 Å². The average molecular weight is 373 g/mol. The van der Waals surface area contributed by atoms with Crippen molar-refractivity contribution in [1.82, 2.24) is 4.90 Å². The number of hydrogen-bond donors (Lipinski definition) is 0. The fraction of sp³-hybridized carbons (Fsp3) is 0.273. The zero-order chi connectivity index (χ0) is 19.7. The van der Waals surface area contributed by atoms with Crippen molar-refractivity contribution in [2.75, 3.05) is 4.90 Å². The van der Waals surface area contributed by atoms with E-state index in [0.717, 1.165) is 23.3 Å². The lowest BCUT2D eigenvalue weighted by Crippen LogP contribution is -2.47. The molecule has 140 valence electrons. The summed E-state index contributed by atoms with van der Waals surface area (Å²) in [5.41, 5.74) is 1.78. The van der Waals surface area contributed by atoms with Crippen molar-refractivity contribution in [3.63, 3.8) is 0 Å². The van der Waals surface area contributed by atoms with Crippen LogP contribution in [0.3, 0.4) is 0 Å². The van der Waals surface area contributed by atoms with Crippen LogP contribution in [0.2, 0.25) is 0 Å². The van der Waals surface area contributed by atoms with Gasteiger partial charge >= 0.3 is 0 Å². The van der Waals surface area contributed by atoms with Gasteiger partial charge < -0.3 is 4.90 Å². The summed E-state index contributed by atoms with van der Waals surface area (Å²) < 4.78 is 0. The molecule has 1 heterocycles. The fourth-order valence-corrected chi connectivity index (χ4v) is 3.64. The van der Waals surface area contributed by atoms with Gasteiger partial charge in [-0.25, -0.2) is 4.90 Å². The Labute approximate surface area is 163 Å². The molecule has 1 aliphatic carbocycles. The molecular weight excluding hydrogens is 354 g/mol. The molecule has 6 nitrogen and oxygen atoms in total. The monoisotopic (exact) mass is 373 g/mol. The van der Waals surface area contributed by atoms with Gasteiger partial charge in [-0.05, 0) is 42.7 Å². The van der Waals surface area contributed by atoms with Crippen molar-refractivity contribution in [1.29, 1.82) is 5.26 Å². The highest BCUT2D eigenvalue weighted by Crippen LogP contribution is 2.34. The molecule has 6 heteroatoms. The molecule has 2 aliphatic rings. The van der Waals surface area contributed by atoms with Crippen LogP contribution in [0.1, 0.15) is 30.4 Å². The van der Waals surface area contributed by atoms with Gasteiger partial charge in [-0.1, -0.05) is 30.3 Å². The minimum Gasteiger partial charge on any atom is -0.327 e. The summed E-state index contributed by atoms with van der Waals surface area (Å²) in [5.74, 6) is -0.817. The first-order valence-electron chi connectivity index (χ1n) is 9.30. The van der Waals surface area contributed by atoms with Crippen LogP contribution in [0.4, 0.5) is 5.69 Å². The maximum absolute atomic E-state index is 13.0. The van der Waals surface area contributed by atoms with Gasteiger partial charge in [0.15, 0.2) is 0 Å². The summed E-state index contributed by atoms with van der Waals surface area (Å²) in [6.07, 6.45) is 1.92. The van der Waals surface area contributed by atoms with Crippen LogP contribution in [-0.4, -0.2) is 34.7 Å². The number of nitrogens with zero attached hydrogens (tertiary/aromatic N) is 3. The van der Waals surface area contributed by atoms with Gasteiger partial charge in [0, 0.05) is 6.04 Å². The van der Waals surface area contributed by atoms with E-state index in [2.05, 4.69) is 0 Å². The Hall–Kier alpha value is -3.46. The molecule has 2 fully saturated rings. The lowest BCUT2D eigenvalue weighted by Gasteiger charge is -2.27. The van der Waals surface area contributed by atoms with Crippen LogP contribution in [0.15, 0.2) is 54.6 Å². The number of anilines is 1. The number of amides is 3. The minimum absolute atomic E-state index is 0.00410. The van der Waals surface area contributed by atoms with Crippen molar-refractivity contribution in [3.05, 3.63) is 65.7 Å². The number of carbonyl (C=O) groups excluding carboxylic acids is 3. The van der Waals surface area contributed by atoms with Crippen LogP contribution in [0.25, 0.3) is 0 Å². The molecule has 28 heavy (non-hydrogen) atoms. The maximum atomic E-state index is 13.0. The van der Waals surface area contributed by atoms with E-state index in [9.17, 15) is 14.4 Å². The van der Waals surface area contributed by atoms with E-state index in [1.165, 1.54) is 0 Å². The molecule has 1 aliphatic heterocycles. The minimum atomic E-state index is -0.758. The van der Waals surface area contributed by atoms with Crippen LogP contribution in [-0.2, 0) is 20.8 Å². The van der Waals surface area contributed by atoms with Crippen molar-refractivity contribution >= 4 is 23.4 Å². The number of benzene rings is 2. The van der Waals surface area contributed by atoms with E-state index in [1.807, 2.05) is 36.4 Å². The molecule has 4 rings (SSSR count). The van der Waals surface area contributed by atoms with Gasteiger partial charge in [0.2, 0.25) is 11.8 Å². The van der Waals surface area contributed by atoms with Gasteiger partial charge in [0.05, 0.1) is 30.2 Å². The summed E-state index contributed by atoms with van der Waals surface area (Å²) in [6.45, 7) is 0. The van der Waals surface area contributed by atoms with Gasteiger partial charge in [-0.15, -0.1) is 0 Å². The predicted molar refractivity (Wildman–Crippen MR) is 102 cm³/mol. The topological polar surface area (TPSA) is 81.5 Å². The van der Waals surface area contributed by atoms with Crippen LogP contribution >= 0.6 is 0 Å². The second-order valence-corrected chi connectivity index (χ2v) is 7.14. The highest BCUT2D eigenvalue weighted by Gasteiger charge is 2.48. The molecule has 0 radical (unpaired) electrons. The largest absolute Gasteiger partial charge is 0.327 e. The summed E-state index contributed by atoms with van der Waals surface area (Å²) in [7, 11) is 0. The lowest BCUT2D eigenvalue weighted by molar-refractivity contribution is -0.138. The first kappa shape index (κ1) is 17.9. The van der Waals surface area contributed by atoms with E-state index >= 15 is 0 Å². The molecule has 0 aromatic heterocycles. The van der Waals surface area contributed by atoms with Crippen molar-refractivity contribution in [3.8, 4) is 6.07 Å². The van der Waals surface area contributed by atoms with Gasteiger partial charge in [-0.2, -0.15) is 5.26 Å². The van der Waals surface area contributed by atoms with Crippen LogP contribution in [0.5, 0.6) is 0 Å². The SMILES string of the molecule is N#Cc1ccc(N2C(=O)CC(N(C(=O)Cc3ccccc3)C3CC3)C2=O)cc1. The molecule has 1 unspecified atom stereocenters. The molecule has 0 spiro atoms. The Kier molecular flexibility index (Phi) is 4.66. The average Bonchev–Trinajstić information content (AvgIpc) is 3.49. The molecule has 1 atom stereocenters. The number of rotatable bonds is 5. The molecule has 0 N–H and O–H groups in total. The lowest BCUT2D eigenvalue weighted by atomic mass is 10.1. The second kappa shape index (κ2) is 7.28. The summed E-state index contributed by atoms with van der Waals surface area (Å²) in [4.78, 5) is 41.4. The molecule has 1 saturated heterocycles. The maximum Gasteiger partial charge on any atom is 0.257 e. The van der Waals surface area contributed by atoms with Crippen LogP contribution in [0, 0.1) is 11.3 Å². The molecule has 0 bridgehead atoms. The number of nitriles is 1. The third-order valence-corrected chi connectivity index (χ3v) is 5.14. The molecule has 3 amide bonds. The third kappa shape index (κ3) is 3.39. The molecule has 2 aromatic carbocycles. The zero-order valence-electron chi connectivity index (χ0n) is 15.2. The third-order valence-electron chi connectivity index (χ3n) is 5.14. The smallest absolute Gasteiger partial charge is 0.257 e. The molecular formula is C22H19N3O3. The van der Waals surface area contributed by atoms with E-state index in [4.69, 9.17) is 5.26 Å². The predicted octanol–water partition coefficient (Wildman–Crippen LogP) is 2.42. The van der Waals surface area contributed by atoms with E-state index in [1.54, 1.807) is 29.2 Å². The quantitative estimate of drug-likeness (QED) is 0.754. The Balaban J connectivity index is 1.56. The van der Waals surface area contributed by atoms with Gasteiger partial charge in [0.25, 0.3) is 5.91 Å². The van der Waals surface area contributed by atoms with Crippen LogP contribution < -0.4 is 4.90 Å². The van der Waals surface area contributed by atoms with E-state index in [0.29, 0.717) is 11.3 Å². The van der Waals surface area contributed by atoms with Gasteiger partial charge in [0.1, 0.15) is 6.04 Å². The Morgan fingerprint density at radius 3 is 2.36 bits per heavy atom. The summed E-state index contributed by atoms with van der Waals surface area (Å²) >= 11 is 0. The molecule has 1 saturated carbocycles. The Bertz CT molecular complexity index is 959. The van der Waals surface area contributed by atoms with E-state index in [-0.39, 0.29) is 36.6 Å². The fourth-order valence-electron chi connectivity index (χ4n) is 3.64. The summed E-state index contributed by atoms with van der Waals surface area (Å²) in [5, 5.41) is 8.92. The second-order valence-electron chi connectivity index (χ2n) is 7.14. The Morgan fingerprint density at radius 2 is 1.75 bits per heavy atom. The number of hydrogen-bond acceptors (Lipinski definition) is 4.